The van der Waals surface area contributed by atoms with Crippen molar-refractivity contribution >= 4 is 5.57 Å². The molecular formula is C15H17NO. The highest BCUT2D eigenvalue weighted by Crippen LogP contribution is 2.40. The van der Waals surface area contributed by atoms with Gasteiger partial charge in [0.15, 0.2) is 0 Å². The lowest BCUT2D eigenvalue weighted by Crippen LogP contribution is -1.96. The van der Waals surface area contributed by atoms with E-state index in [1.165, 1.54) is 5.57 Å². The van der Waals surface area contributed by atoms with E-state index in [-0.39, 0.29) is 0 Å². The Bertz CT molecular complexity index is 469. The van der Waals surface area contributed by atoms with Gasteiger partial charge in [-0.1, -0.05) is 18.2 Å². The molecule has 1 atom stereocenters. The molecule has 1 unspecified atom stereocenters. The van der Waals surface area contributed by atoms with Crippen molar-refractivity contribution in [2.75, 3.05) is 0 Å². The first-order chi connectivity index (χ1) is 8.25. The van der Waals surface area contributed by atoms with Crippen LogP contribution < -0.4 is 0 Å². The molecule has 0 amide bonds. The number of aromatic nitrogens is 1. The fourth-order valence-corrected chi connectivity index (χ4v) is 1.98. The lowest BCUT2D eigenvalue weighted by Gasteiger charge is -2.03. The summed E-state index contributed by atoms with van der Waals surface area (Å²) in [4.78, 5) is 4.23. The Balaban J connectivity index is 0.000000686. The van der Waals surface area contributed by atoms with Gasteiger partial charge in [0.05, 0.1) is 5.69 Å². The van der Waals surface area contributed by atoms with Gasteiger partial charge in [0.1, 0.15) is 6.10 Å². The molecule has 0 radical (unpaired) electrons. The van der Waals surface area contributed by atoms with Crippen molar-refractivity contribution in [3.63, 3.8) is 0 Å². The number of fused-ring (bicyclic) bond motifs is 1. The van der Waals surface area contributed by atoms with E-state index in [9.17, 15) is 5.11 Å². The van der Waals surface area contributed by atoms with Gasteiger partial charge in [0.25, 0.3) is 0 Å². The van der Waals surface area contributed by atoms with E-state index in [2.05, 4.69) is 23.9 Å². The van der Waals surface area contributed by atoms with Gasteiger partial charge in [0.2, 0.25) is 0 Å². The van der Waals surface area contributed by atoms with Crippen LogP contribution in [0.4, 0.5) is 0 Å². The van der Waals surface area contributed by atoms with Crippen molar-refractivity contribution in [1.29, 1.82) is 0 Å². The number of hydrogen-bond acceptors (Lipinski definition) is 2. The van der Waals surface area contributed by atoms with Gasteiger partial charge in [-0.2, -0.15) is 0 Å². The van der Waals surface area contributed by atoms with Crippen molar-refractivity contribution in [2.45, 2.75) is 26.4 Å². The number of allylic oxidation sites excluding steroid dienone is 3. The van der Waals surface area contributed by atoms with E-state index < -0.39 is 6.10 Å². The van der Waals surface area contributed by atoms with E-state index in [0.717, 1.165) is 23.3 Å². The van der Waals surface area contributed by atoms with Gasteiger partial charge in [-0.05, 0) is 37.5 Å². The summed E-state index contributed by atoms with van der Waals surface area (Å²) in [6.45, 7) is 3.98. The second-order valence-corrected chi connectivity index (χ2v) is 3.77. The third-order valence-corrected chi connectivity index (χ3v) is 2.87. The van der Waals surface area contributed by atoms with Crippen molar-refractivity contribution in [3.05, 3.63) is 47.3 Å². The number of hydrogen-bond donors (Lipinski definition) is 1. The Morgan fingerprint density at radius 3 is 2.82 bits per heavy atom. The summed E-state index contributed by atoms with van der Waals surface area (Å²) in [7, 11) is 0. The molecular weight excluding hydrogens is 210 g/mol. The quantitative estimate of drug-likeness (QED) is 0.622. The van der Waals surface area contributed by atoms with E-state index in [4.69, 9.17) is 0 Å². The summed E-state index contributed by atoms with van der Waals surface area (Å²) in [6, 6.07) is 3.95. The first-order valence-electron chi connectivity index (χ1n) is 5.53. The van der Waals surface area contributed by atoms with E-state index >= 15 is 0 Å². The first kappa shape index (κ1) is 13.2. The molecule has 1 heterocycles. The van der Waals surface area contributed by atoms with Crippen LogP contribution in [-0.2, 0) is 0 Å². The van der Waals surface area contributed by atoms with Crippen LogP contribution in [0.1, 0.15) is 37.6 Å². The molecule has 2 rings (SSSR count). The Hall–Kier alpha value is -1.85. The fraction of sp³-hybridized carbons (Fsp3) is 0.267. The minimum atomic E-state index is -0.513. The van der Waals surface area contributed by atoms with Crippen LogP contribution in [0.3, 0.4) is 0 Å². The van der Waals surface area contributed by atoms with Gasteiger partial charge < -0.3 is 5.11 Å². The van der Waals surface area contributed by atoms with Crippen LogP contribution in [0.15, 0.2) is 36.1 Å². The van der Waals surface area contributed by atoms with E-state index in [0.29, 0.717) is 0 Å². The average molecular weight is 227 g/mol. The molecule has 0 fully saturated rings. The van der Waals surface area contributed by atoms with Crippen molar-refractivity contribution in [1.82, 2.24) is 4.98 Å². The SMILES string of the molecule is C#C.C/C=C\CC1=C(C)C(O)c2ncccc21. The predicted molar refractivity (Wildman–Crippen MR) is 71.1 cm³/mol. The van der Waals surface area contributed by atoms with Crippen molar-refractivity contribution < 1.29 is 5.11 Å². The maximum absolute atomic E-state index is 9.98. The highest BCUT2D eigenvalue weighted by molar-refractivity contribution is 5.76. The molecule has 2 heteroatoms. The molecule has 0 bridgehead atoms. The van der Waals surface area contributed by atoms with Gasteiger partial charge in [-0.25, -0.2) is 0 Å². The Kier molecular flexibility index (Phi) is 4.68. The molecule has 17 heavy (non-hydrogen) atoms. The van der Waals surface area contributed by atoms with Gasteiger partial charge in [-0.3, -0.25) is 4.98 Å². The van der Waals surface area contributed by atoms with Crippen molar-refractivity contribution in [2.24, 2.45) is 0 Å². The normalized spacial score (nSPS) is 17.8. The average Bonchev–Trinajstić information content (AvgIpc) is 2.63. The monoisotopic (exact) mass is 227 g/mol. The van der Waals surface area contributed by atoms with Crippen LogP contribution in [0.5, 0.6) is 0 Å². The Morgan fingerprint density at radius 1 is 1.47 bits per heavy atom. The third kappa shape index (κ3) is 2.46. The third-order valence-electron chi connectivity index (χ3n) is 2.87. The van der Waals surface area contributed by atoms with Crippen LogP contribution in [0.2, 0.25) is 0 Å². The minimum absolute atomic E-state index is 0.513. The number of aliphatic hydroxyl groups is 1. The zero-order chi connectivity index (χ0) is 12.8. The zero-order valence-electron chi connectivity index (χ0n) is 10.2. The molecule has 0 saturated heterocycles. The van der Waals surface area contributed by atoms with Gasteiger partial charge in [0, 0.05) is 11.8 Å². The summed E-state index contributed by atoms with van der Waals surface area (Å²) in [6.07, 6.45) is 14.2. The summed E-state index contributed by atoms with van der Waals surface area (Å²) in [5, 5.41) is 9.98. The maximum atomic E-state index is 9.98. The summed E-state index contributed by atoms with van der Waals surface area (Å²) < 4.78 is 0. The second-order valence-electron chi connectivity index (χ2n) is 3.77. The van der Waals surface area contributed by atoms with E-state index in [1.807, 2.05) is 32.1 Å². The summed E-state index contributed by atoms with van der Waals surface area (Å²) in [5.74, 6) is 0. The predicted octanol–water partition coefficient (Wildman–Crippen LogP) is 3.12. The molecule has 1 N–H and O–H groups in total. The van der Waals surface area contributed by atoms with Crippen LogP contribution in [0, 0.1) is 12.8 Å². The van der Waals surface area contributed by atoms with Gasteiger partial charge >= 0.3 is 0 Å². The summed E-state index contributed by atoms with van der Waals surface area (Å²) >= 11 is 0. The Morgan fingerprint density at radius 2 is 2.18 bits per heavy atom. The molecule has 0 spiro atoms. The molecule has 1 aromatic heterocycles. The van der Waals surface area contributed by atoms with Crippen LogP contribution in [-0.4, -0.2) is 10.1 Å². The van der Waals surface area contributed by atoms with Crippen LogP contribution >= 0.6 is 0 Å². The number of pyridine rings is 1. The molecule has 0 aromatic carbocycles. The molecule has 0 aliphatic heterocycles. The number of nitrogens with zero attached hydrogens (tertiary/aromatic N) is 1. The first-order valence-corrected chi connectivity index (χ1v) is 5.53. The minimum Gasteiger partial charge on any atom is -0.382 e. The van der Waals surface area contributed by atoms with Crippen molar-refractivity contribution in [3.8, 4) is 12.8 Å². The van der Waals surface area contributed by atoms with Gasteiger partial charge in [-0.15, -0.1) is 12.8 Å². The highest BCUT2D eigenvalue weighted by atomic mass is 16.3. The molecule has 1 aromatic rings. The number of terminal acetylenes is 1. The largest absolute Gasteiger partial charge is 0.382 e. The molecule has 1 aliphatic rings. The summed E-state index contributed by atoms with van der Waals surface area (Å²) in [5.41, 5.74) is 4.14. The zero-order valence-corrected chi connectivity index (χ0v) is 10.2. The lowest BCUT2D eigenvalue weighted by molar-refractivity contribution is 0.215. The number of aliphatic hydroxyl groups excluding tert-OH is 1. The Labute approximate surface area is 103 Å². The lowest BCUT2D eigenvalue weighted by atomic mass is 10.0. The molecule has 88 valence electrons. The van der Waals surface area contributed by atoms with Crippen LogP contribution in [0.25, 0.3) is 5.57 Å². The molecule has 1 aliphatic carbocycles. The second kappa shape index (κ2) is 6.03. The fourth-order valence-electron chi connectivity index (χ4n) is 1.98. The molecule has 0 saturated carbocycles. The molecule has 2 nitrogen and oxygen atoms in total. The van der Waals surface area contributed by atoms with E-state index in [1.54, 1.807) is 6.20 Å². The maximum Gasteiger partial charge on any atom is 0.118 e. The standard InChI is InChI=1S/C13H15NO.C2H2/c1-3-4-6-10-9(2)13(15)12-11(10)7-5-8-14-12;1-2/h3-5,7-8,13,15H,6H2,1-2H3;1-2H/b4-3-;. The topological polar surface area (TPSA) is 33.1 Å². The number of rotatable bonds is 2. The smallest absolute Gasteiger partial charge is 0.118 e. The highest BCUT2D eigenvalue weighted by Gasteiger charge is 2.26.